The molecule has 0 aliphatic carbocycles. The van der Waals surface area contributed by atoms with Gasteiger partial charge in [-0.1, -0.05) is 17.4 Å². The van der Waals surface area contributed by atoms with Crippen molar-refractivity contribution in [2.45, 2.75) is 38.6 Å². The van der Waals surface area contributed by atoms with Crippen LogP contribution in [0.4, 0.5) is 10.8 Å². The Labute approximate surface area is 178 Å². The van der Waals surface area contributed by atoms with Crippen molar-refractivity contribution in [3.63, 3.8) is 0 Å². The Bertz CT molecular complexity index is 1220. The number of anilines is 2. The molecule has 30 heavy (non-hydrogen) atoms. The minimum absolute atomic E-state index is 0.0117. The summed E-state index contributed by atoms with van der Waals surface area (Å²) in [6.07, 6.45) is 0. The lowest BCUT2D eigenvalue weighted by molar-refractivity contribution is -0.117. The number of thiazole rings is 1. The molecule has 10 heteroatoms. The lowest BCUT2D eigenvalue weighted by Gasteiger charge is -2.13. The molecule has 1 heterocycles. The van der Waals surface area contributed by atoms with Gasteiger partial charge in [-0.15, -0.1) is 0 Å². The third-order valence-electron chi connectivity index (χ3n) is 4.27. The number of aromatic nitrogens is 1. The van der Waals surface area contributed by atoms with Gasteiger partial charge in [-0.3, -0.25) is 9.59 Å². The van der Waals surface area contributed by atoms with Crippen molar-refractivity contribution in [3.8, 4) is 0 Å². The van der Waals surface area contributed by atoms with E-state index in [1.54, 1.807) is 0 Å². The molecule has 0 saturated carbocycles. The van der Waals surface area contributed by atoms with Crippen molar-refractivity contribution in [1.29, 1.82) is 0 Å². The van der Waals surface area contributed by atoms with Crippen molar-refractivity contribution >= 4 is 54.2 Å². The highest BCUT2D eigenvalue weighted by atomic mass is 32.2. The number of hydrogen-bond donors (Lipinski definition) is 3. The molecule has 0 aliphatic heterocycles. The number of amides is 2. The monoisotopic (exact) mass is 446 g/mol. The molecule has 3 N–H and O–H groups in total. The maximum Gasteiger partial charge on any atom is 0.244 e. The second-order valence-corrected chi connectivity index (χ2v) is 9.73. The standard InChI is InChI=1S/C20H22N4O4S2/c1-11-9-12(2)18-17(10-11)29-20(22-18)23-19(26)13(3)24-30(27,28)16-7-5-15(6-8-16)21-14(4)25/h5-10,13,24H,1-4H3,(H,21,25)(H,22,23,26)/t13-/m1/s1. The number of fused-ring (bicyclic) bond motifs is 1. The van der Waals surface area contributed by atoms with Gasteiger partial charge in [-0.25, -0.2) is 13.4 Å². The Balaban J connectivity index is 1.70. The van der Waals surface area contributed by atoms with Gasteiger partial charge in [0, 0.05) is 12.6 Å². The molecule has 0 spiro atoms. The SMILES string of the molecule is CC(=O)Nc1ccc(S(=O)(=O)N[C@H](C)C(=O)Nc2nc3c(C)cc(C)cc3s2)cc1. The van der Waals surface area contributed by atoms with Crippen LogP contribution in [-0.2, 0) is 19.6 Å². The summed E-state index contributed by atoms with van der Waals surface area (Å²) < 4.78 is 28.4. The zero-order chi connectivity index (χ0) is 22.1. The molecule has 0 unspecified atom stereocenters. The molecule has 3 aromatic rings. The van der Waals surface area contributed by atoms with Crippen LogP contribution in [0.15, 0.2) is 41.3 Å². The summed E-state index contributed by atoms with van der Waals surface area (Å²) in [4.78, 5) is 28.0. The van der Waals surface area contributed by atoms with E-state index in [4.69, 9.17) is 0 Å². The van der Waals surface area contributed by atoms with Crippen molar-refractivity contribution in [2.24, 2.45) is 0 Å². The van der Waals surface area contributed by atoms with Crippen molar-refractivity contribution < 1.29 is 18.0 Å². The summed E-state index contributed by atoms with van der Waals surface area (Å²) in [6, 6.07) is 8.67. The van der Waals surface area contributed by atoms with Gasteiger partial charge in [0.15, 0.2) is 5.13 Å². The molecule has 1 atom stereocenters. The quantitative estimate of drug-likeness (QED) is 0.538. The van der Waals surface area contributed by atoms with Crippen LogP contribution in [0.1, 0.15) is 25.0 Å². The molecular weight excluding hydrogens is 424 g/mol. The Hall–Kier alpha value is -2.82. The summed E-state index contributed by atoms with van der Waals surface area (Å²) in [6.45, 7) is 6.76. The van der Waals surface area contributed by atoms with Gasteiger partial charge in [0.25, 0.3) is 0 Å². The summed E-state index contributed by atoms with van der Waals surface area (Å²) in [5.41, 5.74) is 3.41. The fraction of sp³-hybridized carbons (Fsp3) is 0.250. The van der Waals surface area contributed by atoms with E-state index in [9.17, 15) is 18.0 Å². The molecular formula is C20H22N4O4S2. The first-order valence-electron chi connectivity index (χ1n) is 9.14. The smallest absolute Gasteiger partial charge is 0.244 e. The fourth-order valence-electron chi connectivity index (χ4n) is 2.91. The van der Waals surface area contributed by atoms with Gasteiger partial charge >= 0.3 is 0 Å². The van der Waals surface area contributed by atoms with E-state index < -0.39 is 22.0 Å². The van der Waals surface area contributed by atoms with Crippen LogP contribution >= 0.6 is 11.3 Å². The first kappa shape index (κ1) is 21.9. The number of carbonyl (C=O) groups excluding carboxylic acids is 2. The number of benzene rings is 2. The van der Waals surface area contributed by atoms with E-state index in [0.29, 0.717) is 10.8 Å². The molecule has 0 radical (unpaired) electrons. The van der Waals surface area contributed by atoms with E-state index >= 15 is 0 Å². The summed E-state index contributed by atoms with van der Waals surface area (Å²) in [5.74, 6) is -0.768. The number of rotatable bonds is 6. The third-order valence-corrected chi connectivity index (χ3v) is 6.74. The van der Waals surface area contributed by atoms with Crippen molar-refractivity contribution in [3.05, 3.63) is 47.5 Å². The van der Waals surface area contributed by atoms with Crippen LogP contribution in [0.5, 0.6) is 0 Å². The van der Waals surface area contributed by atoms with Crippen LogP contribution in [0.25, 0.3) is 10.2 Å². The van der Waals surface area contributed by atoms with Gasteiger partial charge in [0.05, 0.1) is 21.2 Å². The number of hydrogen-bond acceptors (Lipinski definition) is 6. The zero-order valence-electron chi connectivity index (χ0n) is 16.9. The zero-order valence-corrected chi connectivity index (χ0v) is 18.6. The van der Waals surface area contributed by atoms with Crippen LogP contribution in [0.3, 0.4) is 0 Å². The average molecular weight is 447 g/mol. The number of carbonyl (C=O) groups is 2. The molecule has 0 bridgehead atoms. The minimum atomic E-state index is -3.92. The molecule has 3 rings (SSSR count). The maximum absolute atomic E-state index is 12.6. The van der Waals surface area contributed by atoms with E-state index in [1.165, 1.54) is 49.4 Å². The normalized spacial score (nSPS) is 12.5. The summed E-state index contributed by atoms with van der Waals surface area (Å²) >= 11 is 1.34. The minimum Gasteiger partial charge on any atom is -0.326 e. The summed E-state index contributed by atoms with van der Waals surface area (Å²) in [7, 11) is -3.92. The maximum atomic E-state index is 12.6. The van der Waals surface area contributed by atoms with Crippen molar-refractivity contribution in [1.82, 2.24) is 9.71 Å². The van der Waals surface area contributed by atoms with Crippen LogP contribution in [0, 0.1) is 13.8 Å². The van der Waals surface area contributed by atoms with Gasteiger partial charge in [0.2, 0.25) is 21.8 Å². The predicted octanol–water partition coefficient (Wildman–Crippen LogP) is 3.18. The highest BCUT2D eigenvalue weighted by Gasteiger charge is 2.23. The fourth-order valence-corrected chi connectivity index (χ4v) is 5.16. The molecule has 158 valence electrons. The number of nitrogens with one attached hydrogen (secondary N) is 3. The first-order chi connectivity index (χ1) is 14.0. The van der Waals surface area contributed by atoms with Gasteiger partial charge in [-0.2, -0.15) is 4.72 Å². The topological polar surface area (TPSA) is 117 Å². The Morgan fingerprint density at radius 1 is 1.07 bits per heavy atom. The van der Waals surface area contributed by atoms with Gasteiger partial charge in [0.1, 0.15) is 0 Å². The first-order valence-corrected chi connectivity index (χ1v) is 11.4. The Kier molecular flexibility index (Phi) is 6.20. The number of sulfonamides is 1. The van der Waals surface area contributed by atoms with Gasteiger partial charge in [-0.05, 0) is 62.2 Å². The predicted molar refractivity (Wildman–Crippen MR) is 118 cm³/mol. The molecule has 2 amide bonds. The second kappa shape index (κ2) is 8.50. The molecule has 1 aromatic heterocycles. The lowest BCUT2D eigenvalue weighted by atomic mass is 10.1. The molecule has 0 aliphatic rings. The number of nitrogens with zero attached hydrogens (tertiary/aromatic N) is 1. The highest BCUT2D eigenvalue weighted by Crippen LogP contribution is 2.29. The molecule has 0 saturated heterocycles. The lowest BCUT2D eigenvalue weighted by Crippen LogP contribution is -2.41. The number of aryl methyl sites for hydroxylation is 2. The van der Waals surface area contributed by atoms with E-state index in [2.05, 4.69) is 20.3 Å². The molecule has 2 aromatic carbocycles. The van der Waals surface area contributed by atoms with Crippen LogP contribution in [-0.4, -0.2) is 31.3 Å². The molecule has 8 nitrogen and oxygen atoms in total. The summed E-state index contributed by atoms with van der Waals surface area (Å²) in [5, 5.41) is 5.65. The van der Waals surface area contributed by atoms with E-state index in [1.807, 2.05) is 26.0 Å². The Morgan fingerprint density at radius 2 is 1.73 bits per heavy atom. The van der Waals surface area contributed by atoms with Crippen molar-refractivity contribution in [2.75, 3.05) is 10.6 Å². The van der Waals surface area contributed by atoms with E-state index in [-0.39, 0.29) is 10.8 Å². The van der Waals surface area contributed by atoms with Crippen LogP contribution < -0.4 is 15.4 Å². The largest absolute Gasteiger partial charge is 0.326 e. The highest BCUT2D eigenvalue weighted by molar-refractivity contribution is 7.89. The molecule has 0 fully saturated rings. The average Bonchev–Trinajstić information content (AvgIpc) is 3.03. The van der Waals surface area contributed by atoms with Crippen LogP contribution in [0.2, 0.25) is 0 Å². The van der Waals surface area contributed by atoms with E-state index in [0.717, 1.165) is 21.3 Å². The van der Waals surface area contributed by atoms with Gasteiger partial charge < -0.3 is 10.6 Å². The second-order valence-electron chi connectivity index (χ2n) is 6.99. The third kappa shape index (κ3) is 5.02. The Morgan fingerprint density at radius 3 is 2.37 bits per heavy atom.